The number of alkyl halides is 3. The molecule has 100 valence electrons. The molecule has 0 aliphatic carbocycles. The summed E-state index contributed by atoms with van der Waals surface area (Å²) in [7, 11) is 0. The summed E-state index contributed by atoms with van der Waals surface area (Å²) >= 11 is 0. The molecule has 0 fully saturated rings. The van der Waals surface area contributed by atoms with E-state index in [9.17, 15) is 13.2 Å². The first-order valence-corrected chi connectivity index (χ1v) is 5.89. The van der Waals surface area contributed by atoms with Crippen molar-refractivity contribution >= 4 is 0 Å². The fraction of sp³-hybridized carbons (Fsp3) is 0.429. The van der Waals surface area contributed by atoms with E-state index < -0.39 is 11.7 Å². The topological polar surface area (TPSA) is 12.0 Å². The summed E-state index contributed by atoms with van der Waals surface area (Å²) in [5, 5.41) is 3.21. The average molecular weight is 257 g/mol. The van der Waals surface area contributed by atoms with Crippen LogP contribution in [0.25, 0.3) is 0 Å². The van der Waals surface area contributed by atoms with Crippen molar-refractivity contribution in [1.82, 2.24) is 5.32 Å². The third-order valence-corrected chi connectivity index (χ3v) is 2.74. The monoisotopic (exact) mass is 257 g/mol. The van der Waals surface area contributed by atoms with Crippen LogP contribution < -0.4 is 5.32 Å². The van der Waals surface area contributed by atoms with Crippen molar-refractivity contribution in [2.45, 2.75) is 32.5 Å². The smallest absolute Gasteiger partial charge is 0.310 e. The predicted octanol–water partition coefficient (Wildman–Crippen LogP) is 3.80. The highest BCUT2D eigenvalue weighted by Gasteiger charge is 2.30. The van der Waals surface area contributed by atoms with Gasteiger partial charge in [-0.25, -0.2) is 0 Å². The lowest BCUT2D eigenvalue weighted by Gasteiger charge is -2.18. The molecule has 0 aliphatic rings. The van der Waals surface area contributed by atoms with Gasteiger partial charge in [0.2, 0.25) is 0 Å². The number of nitrogens with one attached hydrogen (secondary N) is 1. The van der Waals surface area contributed by atoms with Gasteiger partial charge in [0.25, 0.3) is 0 Å². The van der Waals surface area contributed by atoms with E-state index in [0.717, 1.165) is 18.2 Å². The van der Waals surface area contributed by atoms with Crippen molar-refractivity contribution in [1.29, 1.82) is 0 Å². The van der Waals surface area contributed by atoms with E-state index in [1.54, 1.807) is 6.07 Å². The second-order valence-corrected chi connectivity index (χ2v) is 4.36. The van der Waals surface area contributed by atoms with E-state index in [-0.39, 0.29) is 6.04 Å². The van der Waals surface area contributed by atoms with E-state index in [2.05, 4.69) is 11.9 Å². The van der Waals surface area contributed by atoms with Crippen molar-refractivity contribution in [2.24, 2.45) is 0 Å². The van der Waals surface area contributed by atoms with E-state index in [0.29, 0.717) is 12.0 Å². The molecule has 0 bridgehead atoms. The quantitative estimate of drug-likeness (QED) is 0.791. The number of halogens is 3. The summed E-state index contributed by atoms with van der Waals surface area (Å²) in [6, 6.07) is 5.46. The van der Waals surface area contributed by atoms with Crippen LogP contribution in [0.5, 0.6) is 0 Å². The normalized spacial score (nSPS) is 13.4. The molecule has 1 unspecified atom stereocenters. The Morgan fingerprint density at radius 1 is 1.39 bits per heavy atom. The maximum Gasteiger partial charge on any atom is 0.416 e. The van der Waals surface area contributed by atoms with Gasteiger partial charge in [0.05, 0.1) is 5.56 Å². The largest absolute Gasteiger partial charge is 0.416 e. The highest BCUT2D eigenvalue weighted by molar-refractivity contribution is 5.27. The molecule has 0 heterocycles. The Hall–Kier alpha value is -1.29. The van der Waals surface area contributed by atoms with Crippen LogP contribution in [0.15, 0.2) is 36.4 Å². The van der Waals surface area contributed by atoms with Crippen molar-refractivity contribution < 1.29 is 13.2 Å². The van der Waals surface area contributed by atoms with Crippen LogP contribution >= 0.6 is 0 Å². The molecule has 0 aromatic heterocycles. The van der Waals surface area contributed by atoms with Gasteiger partial charge in [-0.3, -0.25) is 0 Å². The van der Waals surface area contributed by atoms with Gasteiger partial charge in [0, 0.05) is 6.04 Å². The van der Waals surface area contributed by atoms with Crippen LogP contribution in [0, 0.1) is 0 Å². The Bertz CT molecular complexity index is 410. The van der Waals surface area contributed by atoms with Crippen LogP contribution in [-0.2, 0) is 12.6 Å². The fourth-order valence-corrected chi connectivity index (χ4v) is 1.78. The SMILES string of the molecule is C=C(C)C(Cc1cccc(C(F)(F)F)c1)NCC. The lowest BCUT2D eigenvalue weighted by molar-refractivity contribution is -0.137. The van der Waals surface area contributed by atoms with Gasteiger partial charge in [-0.1, -0.05) is 37.3 Å². The van der Waals surface area contributed by atoms with Crippen LogP contribution in [0.4, 0.5) is 13.2 Å². The molecule has 1 rings (SSSR count). The highest BCUT2D eigenvalue weighted by Crippen LogP contribution is 2.29. The van der Waals surface area contributed by atoms with Crippen LogP contribution in [0.3, 0.4) is 0 Å². The maximum atomic E-state index is 12.6. The van der Waals surface area contributed by atoms with E-state index >= 15 is 0 Å². The molecule has 0 saturated carbocycles. The molecule has 1 nitrogen and oxygen atoms in total. The molecule has 1 N–H and O–H groups in total. The Balaban J connectivity index is 2.87. The average Bonchev–Trinajstić information content (AvgIpc) is 2.27. The van der Waals surface area contributed by atoms with Gasteiger partial charge in [-0.15, -0.1) is 0 Å². The Morgan fingerprint density at radius 2 is 2.06 bits per heavy atom. The molecule has 0 saturated heterocycles. The first-order chi connectivity index (χ1) is 8.34. The minimum absolute atomic E-state index is 0.0125. The summed E-state index contributed by atoms with van der Waals surface area (Å²) in [6.45, 7) is 8.45. The standard InChI is InChI=1S/C14H18F3N/c1-4-18-13(10(2)3)9-11-6-5-7-12(8-11)14(15,16)17/h5-8,13,18H,2,4,9H2,1,3H3. The fourth-order valence-electron chi connectivity index (χ4n) is 1.78. The molecular formula is C14H18F3N. The first-order valence-electron chi connectivity index (χ1n) is 5.89. The zero-order valence-electron chi connectivity index (χ0n) is 10.6. The van der Waals surface area contributed by atoms with Crippen molar-refractivity contribution in [3.05, 3.63) is 47.5 Å². The molecule has 18 heavy (non-hydrogen) atoms. The summed E-state index contributed by atoms with van der Waals surface area (Å²) in [6.07, 6.45) is -3.76. The second kappa shape index (κ2) is 6.05. The molecule has 4 heteroatoms. The summed E-state index contributed by atoms with van der Waals surface area (Å²) in [5.41, 5.74) is 0.991. The van der Waals surface area contributed by atoms with Crippen molar-refractivity contribution in [2.75, 3.05) is 6.54 Å². The highest BCUT2D eigenvalue weighted by atomic mass is 19.4. The summed E-state index contributed by atoms with van der Waals surface area (Å²) < 4.78 is 37.7. The molecule has 1 aromatic carbocycles. The second-order valence-electron chi connectivity index (χ2n) is 4.36. The molecule has 1 aromatic rings. The molecule has 1 atom stereocenters. The van der Waals surface area contributed by atoms with Gasteiger partial charge >= 0.3 is 6.18 Å². The number of likely N-dealkylation sites (N-methyl/N-ethyl adjacent to an activating group) is 1. The van der Waals surface area contributed by atoms with E-state index in [4.69, 9.17) is 0 Å². The molecule has 0 radical (unpaired) electrons. The molecule has 0 aliphatic heterocycles. The molecule has 0 spiro atoms. The zero-order chi connectivity index (χ0) is 13.8. The number of hydrogen-bond acceptors (Lipinski definition) is 1. The van der Waals surface area contributed by atoms with E-state index in [1.165, 1.54) is 12.1 Å². The van der Waals surface area contributed by atoms with Gasteiger partial charge in [0.15, 0.2) is 0 Å². The minimum Gasteiger partial charge on any atom is -0.310 e. The lowest BCUT2D eigenvalue weighted by atomic mass is 9.99. The van der Waals surface area contributed by atoms with Gasteiger partial charge in [-0.2, -0.15) is 13.2 Å². The predicted molar refractivity (Wildman–Crippen MR) is 67.4 cm³/mol. The van der Waals surface area contributed by atoms with Crippen LogP contribution in [-0.4, -0.2) is 12.6 Å². The number of rotatable bonds is 5. The van der Waals surface area contributed by atoms with Crippen molar-refractivity contribution in [3.8, 4) is 0 Å². The van der Waals surface area contributed by atoms with E-state index in [1.807, 2.05) is 13.8 Å². The zero-order valence-corrected chi connectivity index (χ0v) is 10.6. The van der Waals surface area contributed by atoms with Gasteiger partial charge in [0.1, 0.15) is 0 Å². The van der Waals surface area contributed by atoms with Crippen molar-refractivity contribution in [3.63, 3.8) is 0 Å². The third-order valence-electron chi connectivity index (χ3n) is 2.74. The minimum atomic E-state index is -4.28. The summed E-state index contributed by atoms with van der Waals surface area (Å²) in [5.74, 6) is 0. The lowest BCUT2D eigenvalue weighted by Crippen LogP contribution is -2.31. The van der Waals surface area contributed by atoms with Crippen LogP contribution in [0.1, 0.15) is 25.0 Å². The van der Waals surface area contributed by atoms with Crippen LogP contribution in [0.2, 0.25) is 0 Å². The first kappa shape index (κ1) is 14.8. The molecular weight excluding hydrogens is 239 g/mol. The van der Waals surface area contributed by atoms with Gasteiger partial charge in [-0.05, 0) is 31.5 Å². The maximum absolute atomic E-state index is 12.6. The Kier molecular flexibility index (Phi) is 4.96. The summed E-state index contributed by atoms with van der Waals surface area (Å²) in [4.78, 5) is 0. The Morgan fingerprint density at radius 3 is 2.56 bits per heavy atom. The molecule has 0 amide bonds. The number of hydrogen-bond donors (Lipinski definition) is 1. The number of benzene rings is 1. The third kappa shape index (κ3) is 4.18. The Labute approximate surface area is 106 Å². The van der Waals surface area contributed by atoms with Gasteiger partial charge < -0.3 is 5.32 Å².